The lowest BCUT2D eigenvalue weighted by Crippen LogP contribution is -2.43. The number of aliphatic imine (C=N–C) groups is 1. The van der Waals surface area contributed by atoms with E-state index in [2.05, 4.69) is 19.8 Å². The molecule has 1 aromatic heterocycles. The standard InChI is InChI=1S/C34H37F2N5O3/c1-37-11-7-22-16-28-31(30(36)29(22)27-17-25(43)15-21-5-2-3-6-26(21)27)38-33(39-32(28)40-13-8-24(42)9-14-40)44-20-34-10-4-12-41(34)19-23(35)18-34/h2-3,5-6,11,15-17,23-24,42-43H,4,7-10,12-14,18-20H2,1H3/b37-11+/t23-,34+/m1/s1. The zero-order valence-electron chi connectivity index (χ0n) is 24.8. The molecule has 4 heterocycles. The molecule has 3 aliphatic heterocycles. The van der Waals surface area contributed by atoms with Crippen LogP contribution in [0.5, 0.6) is 11.8 Å². The topological polar surface area (TPSA) is 94.3 Å². The molecule has 0 radical (unpaired) electrons. The third-order valence-electron chi connectivity index (χ3n) is 9.58. The number of rotatable bonds is 7. The largest absolute Gasteiger partial charge is 0.508 e. The van der Waals surface area contributed by atoms with Gasteiger partial charge in [-0.3, -0.25) is 4.90 Å². The van der Waals surface area contributed by atoms with Crippen molar-refractivity contribution in [3.05, 3.63) is 53.8 Å². The van der Waals surface area contributed by atoms with Gasteiger partial charge in [0, 0.05) is 56.7 Å². The molecule has 3 aliphatic rings. The first-order valence-corrected chi connectivity index (χ1v) is 15.5. The molecule has 0 spiro atoms. The zero-order chi connectivity index (χ0) is 30.4. The lowest BCUT2D eigenvalue weighted by molar-refractivity contribution is 0.107. The fraction of sp³-hybridized carbons (Fsp3) is 0.441. The monoisotopic (exact) mass is 601 g/mol. The van der Waals surface area contributed by atoms with Crippen molar-refractivity contribution >= 4 is 33.7 Å². The smallest absolute Gasteiger partial charge is 0.319 e. The Morgan fingerprint density at radius 2 is 1.93 bits per heavy atom. The van der Waals surface area contributed by atoms with Gasteiger partial charge in [0.05, 0.1) is 11.6 Å². The summed E-state index contributed by atoms with van der Waals surface area (Å²) in [6, 6.07) is 12.8. The molecular formula is C34H37F2N5O3. The molecule has 3 aromatic carbocycles. The van der Waals surface area contributed by atoms with Crippen molar-refractivity contribution in [2.24, 2.45) is 4.99 Å². The van der Waals surface area contributed by atoms with Crippen LogP contribution in [-0.2, 0) is 6.42 Å². The number of anilines is 1. The average Bonchev–Trinajstić information content (AvgIpc) is 3.54. The number of nitrogens with zero attached hydrogens (tertiary/aromatic N) is 5. The van der Waals surface area contributed by atoms with Crippen molar-refractivity contribution in [2.45, 2.75) is 56.3 Å². The zero-order valence-corrected chi connectivity index (χ0v) is 24.8. The molecule has 44 heavy (non-hydrogen) atoms. The minimum atomic E-state index is -0.894. The Kier molecular flexibility index (Phi) is 7.58. The fourth-order valence-corrected chi connectivity index (χ4v) is 7.42. The second-order valence-electron chi connectivity index (χ2n) is 12.4. The number of aliphatic hydroxyl groups is 1. The summed E-state index contributed by atoms with van der Waals surface area (Å²) < 4.78 is 37.8. The van der Waals surface area contributed by atoms with Crippen LogP contribution < -0.4 is 9.64 Å². The van der Waals surface area contributed by atoms with E-state index in [0.29, 0.717) is 73.2 Å². The van der Waals surface area contributed by atoms with Gasteiger partial charge in [0.2, 0.25) is 0 Å². The highest BCUT2D eigenvalue weighted by Crippen LogP contribution is 2.43. The van der Waals surface area contributed by atoms with Crippen LogP contribution in [0.15, 0.2) is 47.5 Å². The van der Waals surface area contributed by atoms with E-state index in [1.807, 2.05) is 30.3 Å². The van der Waals surface area contributed by atoms with E-state index in [0.717, 1.165) is 30.2 Å². The molecule has 4 aromatic rings. The molecule has 3 saturated heterocycles. The molecule has 3 fully saturated rings. The van der Waals surface area contributed by atoms with Crippen LogP contribution in [-0.4, -0.2) is 88.9 Å². The molecule has 10 heteroatoms. The Labute approximate surface area is 255 Å². The maximum Gasteiger partial charge on any atom is 0.319 e. The van der Waals surface area contributed by atoms with E-state index in [9.17, 15) is 14.6 Å². The number of aromatic nitrogens is 2. The first kappa shape index (κ1) is 28.9. The second-order valence-corrected chi connectivity index (χ2v) is 12.4. The molecule has 0 saturated carbocycles. The molecule has 0 bridgehead atoms. The normalized spacial score (nSPS) is 22.9. The number of ether oxygens (including phenoxy) is 1. The highest BCUT2D eigenvalue weighted by atomic mass is 19.1. The van der Waals surface area contributed by atoms with Gasteiger partial charge in [-0.25, -0.2) is 8.78 Å². The summed E-state index contributed by atoms with van der Waals surface area (Å²) in [5.41, 5.74) is 1.30. The number of halogens is 2. The van der Waals surface area contributed by atoms with Crippen molar-refractivity contribution in [3.63, 3.8) is 0 Å². The summed E-state index contributed by atoms with van der Waals surface area (Å²) >= 11 is 0. The molecule has 0 aliphatic carbocycles. The first-order valence-electron chi connectivity index (χ1n) is 15.5. The molecule has 2 atom stereocenters. The predicted octanol–water partition coefficient (Wildman–Crippen LogP) is 5.45. The number of aliphatic hydroxyl groups excluding tert-OH is 1. The van der Waals surface area contributed by atoms with Crippen molar-refractivity contribution in [1.82, 2.24) is 14.9 Å². The predicted molar refractivity (Wildman–Crippen MR) is 168 cm³/mol. The van der Waals surface area contributed by atoms with Gasteiger partial charge in [-0.2, -0.15) is 9.97 Å². The summed E-state index contributed by atoms with van der Waals surface area (Å²) in [5.74, 6) is 0.0534. The third kappa shape index (κ3) is 5.13. The lowest BCUT2D eigenvalue weighted by atomic mass is 9.91. The van der Waals surface area contributed by atoms with Gasteiger partial charge in [-0.05, 0) is 72.3 Å². The Hall–Kier alpha value is -3.89. The number of aromatic hydroxyl groups is 1. The molecular weight excluding hydrogens is 564 g/mol. The van der Waals surface area contributed by atoms with Gasteiger partial charge in [0.15, 0.2) is 5.82 Å². The van der Waals surface area contributed by atoms with Crippen LogP contribution in [0.3, 0.4) is 0 Å². The number of fused-ring (bicyclic) bond motifs is 3. The minimum absolute atomic E-state index is 0.0377. The van der Waals surface area contributed by atoms with Crippen LogP contribution >= 0.6 is 0 Å². The minimum Gasteiger partial charge on any atom is -0.508 e. The summed E-state index contributed by atoms with van der Waals surface area (Å²) in [5, 5.41) is 23.0. The quantitative estimate of drug-likeness (QED) is 0.272. The van der Waals surface area contributed by atoms with Crippen molar-refractivity contribution in [1.29, 1.82) is 0 Å². The van der Waals surface area contributed by atoms with E-state index >= 15 is 4.39 Å². The van der Waals surface area contributed by atoms with Gasteiger partial charge in [-0.1, -0.05) is 24.3 Å². The summed E-state index contributed by atoms with van der Waals surface area (Å²) in [6.07, 6.45) is 4.18. The highest BCUT2D eigenvalue weighted by molar-refractivity contribution is 6.03. The van der Waals surface area contributed by atoms with Crippen LogP contribution in [0.1, 0.15) is 37.7 Å². The van der Waals surface area contributed by atoms with Gasteiger partial charge in [-0.15, -0.1) is 0 Å². The third-order valence-corrected chi connectivity index (χ3v) is 9.58. The van der Waals surface area contributed by atoms with Gasteiger partial charge < -0.3 is 24.8 Å². The van der Waals surface area contributed by atoms with E-state index in [-0.39, 0.29) is 23.9 Å². The molecule has 0 unspecified atom stereocenters. The fourth-order valence-electron chi connectivity index (χ4n) is 7.42. The first-order chi connectivity index (χ1) is 21.3. The van der Waals surface area contributed by atoms with E-state index in [1.165, 1.54) is 0 Å². The number of hydrogen-bond acceptors (Lipinski definition) is 8. The number of hydrogen-bond donors (Lipinski definition) is 2. The molecule has 8 nitrogen and oxygen atoms in total. The van der Waals surface area contributed by atoms with Crippen molar-refractivity contribution in [2.75, 3.05) is 44.7 Å². The maximum atomic E-state index is 17.1. The average molecular weight is 602 g/mol. The van der Waals surface area contributed by atoms with Crippen LogP contribution in [0, 0.1) is 5.82 Å². The Bertz CT molecular complexity index is 1740. The van der Waals surface area contributed by atoms with Gasteiger partial charge >= 0.3 is 6.01 Å². The molecule has 0 amide bonds. The number of alkyl halides is 1. The van der Waals surface area contributed by atoms with Crippen molar-refractivity contribution in [3.8, 4) is 22.9 Å². The molecule has 2 N–H and O–H groups in total. The van der Waals surface area contributed by atoms with E-state index < -0.39 is 23.6 Å². The van der Waals surface area contributed by atoms with Crippen LogP contribution in [0.2, 0.25) is 0 Å². The van der Waals surface area contributed by atoms with Gasteiger partial charge in [0.1, 0.15) is 29.9 Å². The van der Waals surface area contributed by atoms with Gasteiger partial charge in [0.25, 0.3) is 0 Å². The summed E-state index contributed by atoms with van der Waals surface area (Å²) in [6.45, 7) is 2.58. The van der Waals surface area contributed by atoms with Crippen LogP contribution in [0.4, 0.5) is 14.6 Å². The Morgan fingerprint density at radius 3 is 2.75 bits per heavy atom. The Morgan fingerprint density at radius 1 is 1.11 bits per heavy atom. The van der Waals surface area contributed by atoms with Crippen LogP contribution in [0.25, 0.3) is 32.8 Å². The number of phenolic OH excluding ortho intramolecular Hbond substituents is 1. The number of benzene rings is 3. The summed E-state index contributed by atoms with van der Waals surface area (Å²) in [7, 11) is 1.68. The molecule has 230 valence electrons. The lowest BCUT2D eigenvalue weighted by Gasteiger charge is -2.32. The maximum absolute atomic E-state index is 17.1. The number of phenols is 1. The Balaban J connectivity index is 1.40. The highest BCUT2D eigenvalue weighted by Gasteiger charge is 2.49. The molecule has 7 rings (SSSR count). The summed E-state index contributed by atoms with van der Waals surface area (Å²) in [4.78, 5) is 17.9. The number of piperidine rings is 1. The second kappa shape index (κ2) is 11.6. The SMILES string of the molecule is C/N=C/Cc1cc2c(N3CCC(O)CC3)nc(OC[C@@]34CCCN3C[C@H](F)C4)nc2c(F)c1-c1cc(O)cc2ccccc12. The van der Waals surface area contributed by atoms with E-state index in [4.69, 9.17) is 9.72 Å². The van der Waals surface area contributed by atoms with Crippen molar-refractivity contribution < 1.29 is 23.7 Å². The van der Waals surface area contributed by atoms with E-state index in [1.54, 1.807) is 25.4 Å².